The third-order valence-electron chi connectivity index (χ3n) is 6.15. The van der Waals surface area contributed by atoms with Crippen LogP contribution in [-0.4, -0.2) is 48.3 Å². The summed E-state index contributed by atoms with van der Waals surface area (Å²) in [5.74, 6) is 1.52. The molecule has 4 rings (SSSR count). The van der Waals surface area contributed by atoms with E-state index in [4.69, 9.17) is 9.47 Å². The van der Waals surface area contributed by atoms with Crippen LogP contribution in [0.5, 0.6) is 11.5 Å². The summed E-state index contributed by atoms with van der Waals surface area (Å²) in [6.45, 7) is 8.31. The summed E-state index contributed by atoms with van der Waals surface area (Å²) in [5.41, 5.74) is 3.02. The van der Waals surface area contributed by atoms with Crippen LogP contribution in [0.15, 0.2) is 42.5 Å². The fourth-order valence-electron chi connectivity index (χ4n) is 4.36. The number of piperidine rings is 1. The maximum Gasteiger partial charge on any atom is 0.322 e. The van der Waals surface area contributed by atoms with Gasteiger partial charge in [0.2, 0.25) is 6.79 Å². The summed E-state index contributed by atoms with van der Waals surface area (Å²) in [4.78, 5) is 17.9. The number of rotatable bonds is 7. The number of likely N-dealkylation sites (tertiary alicyclic amines) is 1. The van der Waals surface area contributed by atoms with E-state index in [2.05, 4.69) is 17.1 Å². The molecule has 0 radical (unpaired) electrons. The Morgan fingerprint density at radius 2 is 1.94 bits per heavy atom. The first-order chi connectivity index (χ1) is 15.1. The van der Waals surface area contributed by atoms with Gasteiger partial charge in [0.25, 0.3) is 0 Å². The van der Waals surface area contributed by atoms with Crippen LogP contribution in [0.4, 0.5) is 10.5 Å². The van der Waals surface area contributed by atoms with Crippen molar-refractivity contribution in [3.63, 3.8) is 0 Å². The van der Waals surface area contributed by atoms with Gasteiger partial charge in [-0.15, -0.1) is 0 Å². The molecule has 1 fully saturated rings. The monoisotopic (exact) mass is 423 g/mol. The number of hydrogen-bond donors (Lipinski definition) is 1. The fourth-order valence-corrected chi connectivity index (χ4v) is 4.36. The number of nitrogens with one attached hydrogen (secondary N) is 1. The van der Waals surface area contributed by atoms with Crippen molar-refractivity contribution < 1.29 is 14.3 Å². The molecule has 0 unspecified atom stereocenters. The smallest absolute Gasteiger partial charge is 0.322 e. The zero-order valence-electron chi connectivity index (χ0n) is 18.6. The number of fused-ring (bicyclic) bond motifs is 1. The molecule has 31 heavy (non-hydrogen) atoms. The summed E-state index contributed by atoms with van der Waals surface area (Å²) >= 11 is 0. The first-order valence-corrected chi connectivity index (χ1v) is 11.4. The maximum atomic E-state index is 13.4. The molecule has 2 heterocycles. The number of anilines is 1. The van der Waals surface area contributed by atoms with Crippen molar-refractivity contribution in [2.24, 2.45) is 0 Å². The summed E-state index contributed by atoms with van der Waals surface area (Å²) < 4.78 is 11.0. The van der Waals surface area contributed by atoms with Crippen LogP contribution in [-0.2, 0) is 6.54 Å². The maximum absolute atomic E-state index is 13.4. The fraction of sp³-hybridized carbons (Fsp3) is 0.480. The predicted octanol–water partition coefficient (Wildman–Crippen LogP) is 5.02. The number of hydrogen-bond acceptors (Lipinski definition) is 4. The van der Waals surface area contributed by atoms with Crippen molar-refractivity contribution in [3.05, 3.63) is 53.6 Å². The second kappa shape index (κ2) is 10.1. The summed E-state index contributed by atoms with van der Waals surface area (Å²) in [6, 6.07) is 14.1. The van der Waals surface area contributed by atoms with E-state index in [0.717, 1.165) is 60.8 Å². The molecule has 2 aliphatic heterocycles. The number of carbonyl (C=O) groups excluding carboxylic acids is 1. The molecule has 2 aliphatic rings. The quantitative estimate of drug-likeness (QED) is 0.679. The molecule has 0 atom stereocenters. The van der Waals surface area contributed by atoms with Gasteiger partial charge in [-0.2, -0.15) is 0 Å². The largest absolute Gasteiger partial charge is 0.454 e. The minimum absolute atomic E-state index is 0.0460. The summed E-state index contributed by atoms with van der Waals surface area (Å²) in [7, 11) is 0. The SMILES string of the molecule is CCCCN1CCC(N(Cc2ccc3c(c2)OCO3)C(=O)Nc2cccc(C)c2)CC1. The average Bonchev–Trinajstić information content (AvgIpc) is 3.24. The third-order valence-corrected chi connectivity index (χ3v) is 6.15. The van der Waals surface area contributed by atoms with Gasteiger partial charge in [-0.05, 0) is 68.1 Å². The van der Waals surface area contributed by atoms with E-state index >= 15 is 0 Å². The highest BCUT2D eigenvalue weighted by Gasteiger charge is 2.28. The van der Waals surface area contributed by atoms with Crippen molar-refractivity contribution >= 4 is 11.7 Å². The number of carbonyl (C=O) groups is 1. The number of amides is 2. The Hall–Kier alpha value is -2.73. The molecule has 2 aromatic rings. The highest BCUT2D eigenvalue weighted by Crippen LogP contribution is 2.33. The average molecular weight is 424 g/mol. The Labute approximate surface area is 185 Å². The van der Waals surface area contributed by atoms with Crippen LogP contribution in [0.1, 0.15) is 43.7 Å². The van der Waals surface area contributed by atoms with E-state index in [9.17, 15) is 4.79 Å². The van der Waals surface area contributed by atoms with Gasteiger partial charge in [0.1, 0.15) is 0 Å². The molecule has 166 valence electrons. The van der Waals surface area contributed by atoms with Gasteiger partial charge in [-0.1, -0.05) is 31.5 Å². The molecule has 1 saturated heterocycles. The number of nitrogens with zero attached hydrogens (tertiary/aromatic N) is 2. The molecule has 0 spiro atoms. The van der Waals surface area contributed by atoms with Gasteiger partial charge in [-0.3, -0.25) is 0 Å². The Morgan fingerprint density at radius 3 is 2.71 bits per heavy atom. The minimum atomic E-state index is -0.0460. The molecular weight excluding hydrogens is 390 g/mol. The van der Waals surface area contributed by atoms with Crippen molar-refractivity contribution in [2.75, 3.05) is 31.7 Å². The molecule has 2 amide bonds. The summed E-state index contributed by atoms with van der Waals surface area (Å²) in [6.07, 6.45) is 4.44. The number of urea groups is 1. The van der Waals surface area contributed by atoms with Crippen molar-refractivity contribution in [1.82, 2.24) is 9.80 Å². The predicted molar refractivity (Wildman–Crippen MR) is 123 cm³/mol. The standard InChI is InChI=1S/C25H33N3O3/c1-3-4-12-27-13-10-22(11-14-27)28(25(29)26-21-7-5-6-19(2)15-21)17-20-8-9-23-24(16-20)31-18-30-23/h5-9,15-16,22H,3-4,10-14,17-18H2,1-2H3,(H,26,29). The van der Waals surface area contributed by atoms with Gasteiger partial charge in [0, 0.05) is 31.4 Å². The molecule has 2 aromatic carbocycles. The Kier molecular flexibility index (Phi) is 6.97. The highest BCUT2D eigenvalue weighted by molar-refractivity contribution is 5.89. The van der Waals surface area contributed by atoms with Crippen molar-refractivity contribution in [2.45, 2.75) is 52.1 Å². The number of aryl methyl sites for hydroxylation is 1. The zero-order chi connectivity index (χ0) is 21.6. The Balaban J connectivity index is 1.48. The summed E-state index contributed by atoms with van der Waals surface area (Å²) in [5, 5.41) is 3.12. The van der Waals surface area contributed by atoms with Crippen LogP contribution in [0, 0.1) is 6.92 Å². The molecule has 0 aromatic heterocycles. The lowest BCUT2D eigenvalue weighted by atomic mass is 10.0. The van der Waals surface area contributed by atoms with Gasteiger partial charge in [0.15, 0.2) is 11.5 Å². The van der Waals surface area contributed by atoms with Gasteiger partial charge in [-0.25, -0.2) is 4.79 Å². The lowest BCUT2D eigenvalue weighted by molar-refractivity contribution is 0.122. The van der Waals surface area contributed by atoms with Crippen LogP contribution >= 0.6 is 0 Å². The van der Waals surface area contributed by atoms with E-state index in [0.29, 0.717) is 6.54 Å². The lowest BCUT2D eigenvalue weighted by Crippen LogP contribution is -2.48. The second-order valence-corrected chi connectivity index (χ2v) is 8.54. The van der Waals surface area contributed by atoms with E-state index in [-0.39, 0.29) is 18.9 Å². The van der Waals surface area contributed by atoms with Crippen LogP contribution in [0.3, 0.4) is 0 Å². The van der Waals surface area contributed by atoms with E-state index in [1.807, 2.05) is 54.3 Å². The zero-order valence-corrected chi connectivity index (χ0v) is 18.6. The van der Waals surface area contributed by atoms with Crippen LogP contribution < -0.4 is 14.8 Å². The molecule has 6 heteroatoms. The number of benzene rings is 2. The normalized spacial score (nSPS) is 16.3. The van der Waals surface area contributed by atoms with Crippen molar-refractivity contribution in [3.8, 4) is 11.5 Å². The Bertz CT molecular complexity index is 893. The molecule has 0 saturated carbocycles. The van der Waals surface area contributed by atoms with Crippen LogP contribution in [0.2, 0.25) is 0 Å². The highest BCUT2D eigenvalue weighted by atomic mass is 16.7. The van der Waals surface area contributed by atoms with Gasteiger partial charge < -0.3 is 24.6 Å². The molecular formula is C25H33N3O3. The van der Waals surface area contributed by atoms with Crippen LogP contribution in [0.25, 0.3) is 0 Å². The topological polar surface area (TPSA) is 54.0 Å². The van der Waals surface area contributed by atoms with Gasteiger partial charge in [0.05, 0.1) is 0 Å². The lowest BCUT2D eigenvalue weighted by Gasteiger charge is -2.38. The number of ether oxygens (including phenoxy) is 2. The van der Waals surface area contributed by atoms with Gasteiger partial charge >= 0.3 is 6.03 Å². The molecule has 1 N–H and O–H groups in total. The minimum Gasteiger partial charge on any atom is -0.454 e. The van der Waals surface area contributed by atoms with E-state index in [1.165, 1.54) is 12.8 Å². The molecule has 0 bridgehead atoms. The second-order valence-electron chi connectivity index (χ2n) is 8.54. The van der Waals surface area contributed by atoms with E-state index in [1.54, 1.807) is 0 Å². The first-order valence-electron chi connectivity index (χ1n) is 11.4. The number of unbranched alkanes of at least 4 members (excludes halogenated alkanes) is 1. The molecule has 6 nitrogen and oxygen atoms in total. The molecule has 0 aliphatic carbocycles. The van der Waals surface area contributed by atoms with E-state index < -0.39 is 0 Å². The third kappa shape index (κ3) is 5.50. The first kappa shape index (κ1) is 21.5. The Morgan fingerprint density at radius 1 is 1.13 bits per heavy atom. The van der Waals surface area contributed by atoms with Crippen molar-refractivity contribution in [1.29, 1.82) is 0 Å².